The third-order valence-corrected chi connectivity index (χ3v) is 5.60. The van der Waals surface area contributed by atoms with E-state index < -0.39 is 9.84 Å². The highest BCUT2D eigenvalue weighted by Crippen LogP contribution is 2.21. The Balaban J connectivity index is 1.60. The summed E-state index contributed by atoms with van der Waals surface area (Å²) in [6, 6.07) is 7.48. The molecule has 0 aliphatic carbocycles. The van der Waals surface area contributed by atoms with Gasteiger partial charge in [-0.05, 0) is 31.4 Å². The van der Waals surface area contributed by atoms with Crippen LogP contribution in [0, 0.1) is 12.8 Å². The third kappa shape index (κ3) is 6.19. The number of aryl methyl sites for hydroxylation is 1. The van der Waals surface area contributed by atoms with Gasteiger partial charge in [-0.25, -0.2) is 8.42 Å². The van der Waals surface area contributed by atoms with Crippen LogP contribution < -0.4 is 15.6 Å². The molecule has 1 atom stereocenters. The highest BCUT2D eigenvalue weighted by molar-refractivity contribution is 7.91. The topological polar surface area (TPSA) is 102 Å². The smallest absolute Gasteiger partial charge is 0.241 e. The zero-order valence-corrected chi connectivity index (χ0v) is 14.4. The lowest BCUT2D eigenvalue weighted by atomic mass is 10.1. The Bertz CT molecular complexity index is 685. The molecule has 0 spiro atoms. The second-order valence-electron chi connectivity index (χ2n) is 5.98. The van der Waals surface area contributed by atoms with Crippen molar-refractivity contribution in [3.05, 3.63) is 29.8 Å². The minimum atomic E-state index is -3.00. The first kappa shape index (κ1) is 18.3. The van der Waals surface area contributed by atoms with E-state index in [9.17, 15) is 18.0 Å². The molecule has 1 aromatic rings. The fourth-order valence-electron chi connectivity index (χ4n) is 2.44. The van der Waals surface area contributed by atoms with Gasteiger partial charge >= 0.3 is 0 Å². The number of hydrogen-bond acceptors (Lipinski definition) is 5. The largest absolute Gasteiger partial charge is 0.493 e. The van der Waals surface area contributed by atoms with Crippen molar-refractivity contribution in [2.45, 2.75) is 26.2 Å². The standard InChI is InChI=1S/C16H22N2O5S/c1-12-2-4-14(5-3-12)23-8-6-15(19)17-18-16(20)10-13-7-9-24(21,22)11-13/h2-5,13H,6-11H2,1H3,(H,17,19)(H,18,20)/t13-/m1/s1. The Labute approximate surface area is 141 Å². The highest BCUT2D eigenvalue weighted by atomic mass is 32.2. The molecule has 24 heavy (non-hydrogen) atoms. The molecule has 0 aromatic heterocycles. The van der Waals surface area contributed by atoms with Crippen molar-refractivity contribution in [2.75, 3.05) is 18.1 Å². The number of carbonyl (C=O) groups excluding carboxylic acids is 2. The molecule has 0 unspecified atom stereocenters. The van der Waals surface area contributed by atoms with Gasteiger partial charge < -0.3 is 4.74 Å². The van der Waals surface area contributed by atoms with Crippen molar-refractivity contribution >= 4 is 21.7 Å². The van der Waals surface area contributed by atoms with Crippen LogP contribution >= 0.6 is 0 Å². The normalized spacial score (nSPS) is 18.8. The molecular weight excluding hydrogens is 332 g/mol. The van der Waals surface area contributed by atoms with E-state index in [0.717, 1.165) is 5.56 Å². The molecule has 0 radical (unpaired) electrons. The van der Waals surface area contributed by atoms with Crippen molar-refractivity contribution in [2.24, 2.45) is 5.92 Å². The number of ether oxygens (including phenoxy) is 1. The van der Waals surface area contributed by atoms with Gasteiger partial charge in [-0.3, -0.25) is 20.4 Å². The number of hydrazine groups is 1. The molecule has 1 fully saturated rings. The van der Waals surface area contributed by atoms with E-state index >= 15 is 0 Å². The van der Waals surface area contributed by atoms with Crippen molar-refractivity contribution in [3.63, 3.8) is 0 Å². The molecule has 0 bridgehead atoms. The molecule has 0 saturated carbocycles. The predicted molar refractivity (Wildman–Crippen MR) is 89.0 cm³/mol. The van der Waals surface area contributed by atoms with Gasteiger partial charge in [0, 0.05) is 6.42 Å². The Morgan fingerprint density at radius 2 is 1.83 bits per heavy atom. The lowest BCUT2D eigenvalue weighted by Gasteiger charge is -2.10. The average molecular weight is 354 g/mol. The summed E-state index contributed by atoms with van der Waals surface area (Å²) in [5.41, 5.74) is 5.73. The minimum absolute atomic E-state index is 0.0404. The van der Waals surface area contributed by atoms with Gasteiger partial charge in [0.25, 0.3) is 0 Å². The van der Waals surface area contributed by atoms with E-state index in [1.807, 2.05) is 31.2 Å². The fourth-order valence-corrected chi connectivity index (χ4v) is 4.31. The second-order valence-corrected chi connectivity index (χ2v) is 8.21. The van der Waals surface area contributed by atoms with Gasteiger partial charge in [0.05, 0.1) is 24.5 Å². The predicted octanol–water partition coefficient (Wildman–Crippen LogP) is 0.736. The summed E-state index contributed by atoms with van der Waals surface area (Å²) in [6.45, 7) is 2.17. The quantitative estimate of drug-likeness (QED) is 0.734. The highest BCUT2D eigenvalue weighted by Gasteiger charge is 2.29. The van der Waals surface area contributed by atoms with E-state index in [4.69, 9.17) is 4.74 Å². The van der Waals surface area contributed by atoms with Crippen LogP contribution in [0.25, 0.3) is 0 Å². The second kappa shape index (κ2) is 8.14. The summed E-state index contributed by atoms with van der Waals surface area (Å²) in [5, 5.41) is 0. The Morgan fingerprint density at radius 1 is 1.17 bits per heavy atom. The SMILES string of the molecule is Cc1ccc(OCCC(=O)NNC(=O)C[C@H]2CCS(=O)(=O)C2)cc1. The maximum absolute atomic E-state index is 11.7. The minimum Gasteiger partial charge on any atom is -0.493 e. The van der Waals surface area contributed by atoms with Crippen LogP contribution in [0.4, 0.5) is 0 Å². The monoisotopic (exact) mass is 354 g/mol. The molecule has 1 aromatic carbocycles. The van der Waals surface area contributed by atoms with Crippen molar-refractivity contribution in [1.29, 1.82) is 0 Å². The molecule has 2 rings (SSSR count). The van der Waals surface area contributed by atoms with Crippen molar-refractivity contribution in [1.82, 2.24) is 10.9 Å². The number of hydrogen-bond donors (Lipinski definition) is 2. The molecular formula is C16H22N2O5S. The first-order valence-corrected chi connectivity index (χ1v) is 9.64. The maximum atomic E-state index is 11.7. The lowest BCUT2D eigenvalue weighted by Crippen LogP contribution is -2.42. The lowest BCUT2D eigenvalue weighted by molar-refractivity contribution is -0.129. The molecule has 1 aliphatic heterocycles. The summed E-state index contributed by atoms with van der Waals surface area (Å²) in [6.07, 6.45) is 0.694. The van der Waals surface area contributed by atoms with E-state index in [1.54, 1.807) is 0 Å². The van der Waals surface area contributed by atoms with Crippen LogP contribution in [0.15, 0.2) is 24.3 Å². The van der Waals surface area contributed by atoms with Gasteiger partial charge in [0.15, 0.2) is 9.84 Å². The summed E-state index contributed by atoms with van der Waals surface area (Å²) < 4.78 is 28.1. The summed E-state index contributed by atoms with van der Waals surface area (Å²) >= 11 is 0. The van der Waals surface area contributed by atoms with E-state index in [-0.39, 0.29) is 48.7 Å². The zero-order valence-electron chi connectivity index (χ0n) is 13.6. The Kier molecular flexibility index (Phi) is 6.19. The Hall–Kier alpha value is -2.09. The van der Waals surface area contributed by atoms with Gasteiger partial charge in [-0.2, -0.15) is 0 Å². The third-order valence-electron chi connectivity index (χ3n) is 3.76. The fraction of sp³-hybridized carbons (Fsp3) is 0.500. The van der Waals surface area contributed by atoms with E-state index in [1.165, 1.54) is 0 Å². The van der Waals surface area contributed by atoms with Crippen LogP contribution in [-0.4, -0.2) is 38.3 Å². The van der Waals surface area contributed by atoms with Crippen LogP contribution in [-0.2, 0) is 19.4 Å². The number of sulfone groups is 1. The number of nitrogens with one attached hydrogen (secondary N) is 2. The van der Waals surface area contributed by atoms with Crippen molar-refractivity contribution in [3.8, 4) is 5.75 Å². The summed E-state index contributed by atoms with van der Waals surface area (Å²) in [7, 11) is -3.00. The van der Waals surface area contributed by atoms with Gasteiger partial charge in [-0.15, -0.1) is 0 Å². The summed E-state index contributed by atoms with van der Waals surface area (Å²) in [4.78, 5) is 23.3. The number of rotatable bonds is 6. The molecule has 1 heterocycles. The molecule has 1 saturated heterocycles. The van der Waals surface area contributed by atoms with E-state index in [0.29, 0.717) is 12.2 Å². The molecule has 132 valence electrons. The number of benzene rings is 1. The van der Waals surface area contributed by atoms with Crippen LogP contribution in [0.2, 0.25) is 0 Å². The first-order valence-electron chi connectivity index (χ1n) is 7.81. The van der Waals surface area contributed by atoms with Crippen LogP contribution in [0.5, 0.6) is 5.75 Å². The maximum Gasteiger partial charge on any atom is 0.241 e. The number of amides is 2. The van der Waals surface area contributed by atoms with Crippen LogP contribution in [0.1, 0.15) is 24.8 Å². The molecule has 1 aliphatic rings. The van der Waals surface area contributed by atoms with Crippen LogP contribution in [0.3, 0.4) is 0 Å². The van der Waals surface area contributed by atoms with Crippen molar-refractivity contribution < 1.29 is 22.7 Å². The van der Waals surface area contributed by atoms with Gasteiger partial charge in [0.2, 0.25) is 11.8 Å². The molecule has 7 nitrogen and oxygen atoms in total. The Morgan fingerprint density at radius 3 is 2.46 bits per heavy atom. The van der Waals surface area contributed by atoms with Gasteiger partial charge in [-0.1, -0.05) is 17.7 Å². The zero-order chi connectivity index (χ0) is 17.6. The van der Waals surface area contributed by atoms with E-state index in [2.05, 4.69) is 10.9 Å². The van der Waals surface area contributed by atoms with Gasteiger partial charge in [0.1, 0.15) is 5.75 Å². The molecule has 2 N–H and O–H groups in total. The first-order chi connectivity index (χ1) is 11.3. The molecule has 2 amide bonds. The number of carbonyl (C=O) groups is 2. The molecule has 8 heteroatoms. The average Bonchev–Trinajstić information content (AvgIpc) is 2.86. The summed E-state index contributed by atoms with van der Waals surface area (Å²) in [5.74, 6) is -0.0667.